The second-order valence-electron chi connectivity index (χ2n) is 9.59. The quantitative estimate of drug-likeness (QED) is 0.115. The van der Waals surface area contributed by atoms with E-state index in [0.717, 1.165) is 11.5 Å². The molecule has 2 aliphatic heterocycles. The fourth-order valence-corrected chi connectivity index (χ4v) is 8.58. The Bertz CT molecular complexity index is 1370. The normalized spacial score (nSPS) is 37.4. The smallest absolute Gasteiger partial charge is 0.393 e. The Hall–Kier alpha value is -0.940. The van der Waals surface area contributed by atoms with Gasteiger partial charge in [-0.2, -0.15) is 4.37 Å². The van der Waals surface area contributed by atoms with Gasteiger partial charge in [0, 0.05) is 0 Å². The molecule has 2 aromatic rings. The number of alkyl halides is 1. The number of ether oxygens (including phenoxy) is 2. The summed E-state index contributed by atoms with van der Waals surface area (Å²) in [6.45, 7) is -4.80. The Morgan fingerprint density at radius 3 is 2.55 bits per heavy atom. The molecule has 23 heteroatoms. The number of halogens is 1. The largest absolute Gasteiger partial charge is 0.481 e. The zero-order valence-corrected chi connectivity index (χ0v) is 25.2. The van der Waals surface area contributed by atoms with Crippen molar-refractivity contribution in [1.29, 1.82) is 0 Å². The minimum Gasteiger partial charge on any atom is -0.393 e. The Morgan fingerprint density at radius 2 is 1.90 bits per heavy atom. The lowest BCUT2D eigenvalue weighted by Crippen LogP contribution is -2.60. The number of nitrogens with zero attached hydrogens (tertiary/aromatic N) is 3. The number of nitrogens with one attached hydrogen (secondary N) is 1. The molecule has 0 aromatic carbocycles. The van der Waals surface area contributed by atoms with Crippen molar-refractivity contribution >= 4 is 54.7 Å². The monoisotopic (exact) mass is 681 g/mol. The number of likely N-dealkylation sites (N-methyl/N-ethyl adjacent to an activating group) is 1. The van der Waals surface area contributed by atoms with E-state index in [-0.39, 0.29) is 5.82 Å². The van der Waals surface area contributed by atoms with E-state index in [9.17, 15) is 39.2 Å². The van der Waals surface area contributed by atoms with E-state index in [1.807, 2.05) is 0 Å². The highest BCUT2D eigenvalue weighted by Gasteiger charge is 2.55. The second-order valence-corrected chi connectivity index (χ2v) is 14.8. The molecule has 7 unspecified atom stereocenters. The molecule has 238 valence electrons. The summed E-state index contributed by atoms with van der Waals surface area (Å²) in [5.41, 5.74) is 5.45. The van der Waals surface area contributed by atoms with Gasteiger partial charge in [0.1, 0.15) is 60.1 Å². The number of phosphoric ester groups is 1. The lowest BCUT2D eigenvalue weighted by atomic mass is 9.88. The van der Waals surface area contributed by atoms with E-state index >= 15 is 0 Å². The van der Waals surface area contributed by atoms with Gasteiger partial charge in [-0.3, -0.25) is 4.52 Å². The minimum absolute atomic E-state index is 0.145. The first-order valence-corrected chi connectivity index (χ1v) is 16.9. The molecule has 0 saturated carbocycles. The molecule has 0 bridgehead atoms. The van der Waals surface area contributed by atoms with E-state index in [1.165, 1.54) is 6.33 Å². The molecule has 18 nitrogen and oxygen atoms in total. The zero-order valence-electron chi connectivity index (χ0n) is 21.8. The third-order valence-electron chi connectivity index (χ3n) is 6.90. The summed E-state index contributed by atoms with van der Waals surface area (Å²) in [6, 6.07) is 0. The molecule has 42 heavy (non-hydrogen) atoms. The van der Waals surface area contributed by atoms with E-state index in [1.54, 1.807) is 14.0 Å². The zero-order chi connectivity index (χ0) is 31.2. The molecular weight excluding hydrogens is 651 g/mol. The number of fused-ring (bicyclic) bond motifs is 1. The highest BCUT2D eigenvalue weighted by molar-refractivity contribution is 8.08. The van der Waals surface area contributed by atoms with Crippen LogP contribution in [0.1, 0.15) is 17.9 Å². The van der Waals surface area contributed by atoms with Crippen molar-refractivity contribution in [3.8, 4) is 0 Å². The van der Waals surface area contributed by atoms with Gasteiger partial charge in [-0.05, 0) is 37.3 Å². The molecule has 0 radical (unpaired) electrons. The maximum Gasteiger partial charge on any atom is 0.481 e. The van der Waals surface area contributed by atoms with E-state index in [4.69, 9.17) is 36.6 Å². The molecule has 0 spiro atoms. The number of nitrogens with two attached hydrogens (primary N) is 1. The Kier molecular flexibility index (Phi) is 10.4. The van der Waals surface area contributed by atoms with E-state index in [0.29, 0.717) is 15.9 Å². The standard InChI is InChI=1S/C19H30FN5O13P2S2/c1-19(22-2)15(30)7(35-16(19)14-8-9(25-42-14)17(21)24-5-23-8)4-34-40(33,41)38-39(31,32)37-18-12(29)10(27)11(28)13(36-18)6(20)3-26/h5-7,10-13,15-16,18,22,26-30H,3-4H2,1-2H3,(H,31,32)(H,33,41)(H2,21,23,24)/t6-,7+,10?,11?,12?,13?,15+,16-,18?,19+,40?/m0/s1. The van der Waals surface area contributed by atoms with Crippen LogP contribution in [0.2, 0.25) is 0 Å². The van der Waals surface area contributed by atoms with Crippen LogP contribution < -0.4 is 11.1 Å². The maximum atomic E-state index is 13.9. The number of aromatic nitrogens is 3. The van der Waals surface area contributed by atoms with Crippen molar-refractivity contribution < 1.29 is 67.1 Å². The summed E-state index contributed by atoms with van der Waals surface area (Å²) in [5, 5.41) is 52.9. The summed E-state index contributed by atoms with van der Waals surface area (Å²) in [7, 11) is -3.89. The Labute approximate surface area is 246 Å². The third kappa shape index (κ3) is 6.68. The Balaban J connectivity index is 1.43. The average Bonchev–Trinajstić information content (AvgIpc) is 3.46. The van der Waals surface area contributed by atoms with Crippen LogP contribution in [-0.2, 0) is 39.2 Å². The number of nitrogen functional groups attached to an aromatic ring is 1. The van der Waals surface area contributed by atoms with Gasteiger partial charge in [-0.25, -0.2) is 23.2 Å². The maximum absolute atomic E-state index is 13.9. The lowest BCUT2D eigenvalue weighted by Gasteiger charge is -2.41. The third-order valence-corrected chi connectivity index (χ3v) is 11.3. The Morgan fingerprint density at radius 1 is 1.21 bits per heavy atom. The number of aliphatic hydroxyl groups excluding tert-OH is 5. The van der Waals surface area contributed by atoms with E-state index < -0.39 is 88.5 Å². The van der Waals surface area contributed by atoms with Crippen LogP contribution in [0.15, 0.2) is 6.33 Å². The number of hydrogen-bond acceptors (Lipinski definition) is 18. The fraction of sp³-hybridized carbons (Fsp3) is 0.737. The topological polar surface area (TPSA) is 282 Å². The van der Waals surface area contributed by atoms with Crippen LogP contribution in [0.25, 0.3) is 11.0 Å². The number of aliphatic hydroxyl groups is 5. The fourth-order valence-electron chi connectivity index (χ4n) is 4.48. The first-order valence-electron chi connectivity index (χ1n) is 12.1. The van der Waals surface area contributed by atoms with Gasteiger partial charge < -0.3 is 60.4 Å². The average molecular weight is 682 g/mol. The van der Waals surface area contributed by atoms with Crippen molar-refractivity contribution in [1.82, 2.24) is 19.7 Å². The number of rotatable bonds is 11. The van der Waals surface area contributed by atoms with Crippen LogP contribution in [-0.4, -0.2) is 125 Å². The summed E-state index contributed by atoms with van der Waals surface area (Å²) in [6.07, 6.45) is -14.9. The number of phosphoric acid groups is 1. The van der Waals surface area contributed by atoms with E-state index in [2.05, 4.69) is 28.5 Å². The van der Waals surface area contributed by atoms with Gasteiger partial charge in [0.15, 0.2) is 18.3 Å². The highest BCUT2D eigenvalue weighted by atomic mass is 32.5. The number of anilines is 1. The first-order chi connectivity index (χ1) is 19.5. The van der Waals surface area contributed by atoms with Gasteiger partial charge >= 0.3 is 14.5 Å². The minimum atomic E-state index is -5.46. The van der Waals surface area contributed by atoms with Gasteiger partial charge in [-0.15, -0.1) is 0 Å². The van der Waals surface area contributed by atoms with Crippen LogP contribution in [0.3, 0.4) is 0 Å². The molecule has 0 aliphatic carbocycles. The van der Waals surface area contributed by atoms with Gasteiger partial charge in [0.25, 0.3) is 0 Å². The summed E-state index contributed by atoms with van der Waals surface area (Å²) >= 11 is 5.81. The van der Waals surface area contributed by atoms with Gasteiger partial charge in [-0.1, -0.05) is 0 Å². The molecule has 10 N–H and O–H groups in total. The number of hydrogen-bond donors (Lipinski definition) is 9. The van der Waals surface area contributed by atoms with Crippen LogP contribution in [0.5, 0.6) is 0 Å². The van der Waals surface area contributed by atoms with Gasteiger partial charge in [0.2, 0.25) is 0 Å². The summed E-state index contributed by atoms with van der Waals surface area (Å²) < 4.78 is 56.1. The predicted molar refractivity (Wildman–Crippen MR) is 144 cm³/mol. The van der Waals surface area contributed by atoms with Gasteiger partial charge in [0.05, 0.1) is 23.6 Å². The molecule has 4 rings (SSSR count). The van der Waals surface area contributed by atoms with Crippen LogP contribution >= 0.6 is 26.1 Å². The summed E-state index contributed by atoms with van der Waals surface area (Å²) in [5.74, 6) is 0.145. The lowest BCUT2D eigenvalue weighted by molar-refractivity contribution is -0.287. The summed E-state index contributed by atoms with van der Waals surface area (Å²) in [4.78, 5) is 29.2. The molecule has 2 fully saturated rings. The van der Waals surface area contributed by atoms with Crippen molar-refractivity contribution in [2.24, 2.45) is 0 Å². The SMILES string of the molecule is CN[C@]1(C)[C@H](O)[C@@H](COP(O)(=S)OP(=O)(O)OC2OC([C@@H](F)CO)C(O)C(O)C2O)O[C@H]1c1snc2c(N)ncnc12. The first kappa shape index (κ1) is 33.9. The van der Waals surface area contributed by atoms with Crippen LogP contribution in [0, 0.1) is 0 Å². The molecule has 0 amide bonds. The van der Waals surface area contributed by atoms with Crippen LogP contribution in [0.4, 0.5) is 10.2 Å². The molecule has 2 aromatic heterocycles. The molecule has 2 aliphatic rings. The molecular formula is C19H30FN5O13P2S2. The molecule has 4 heterocycles. The molecule has 12 atom stereocenters. The second kappa shape index (κ2) is 12.8. The predicted octanol–water partition coefficient (Wildman–Crippen LogP) is -2.05. The van der Waals surface area contributed by atoms with Crippen molar-refractivity contribution in [2.45, 2.75) is 67.7 Å². The highest BCUT2D eigenvalue weighted by Crippen LogP contribution is 2.62. The van der Waals surface area contributed by atoms with Crippen molar-refractivity contribution in [3.63, 3.8) is 0 Å². The molecule has 2 saturated heterocycles. The van der Waals surface area contributed by atoms with Crippen molar-refractivity contribution in [3.05, 3.63) is 11.2 Å². The van der Waals surface area contributed by atoms with Crippen molar-refractivity contribution in [2.75, 3.05) is 26.0 Å².